The molecular formula is C23H19ClN2O3. The fourth-order valence-electron chi connectivity index (χ4n) is 3.70. The molecule has 3 aromatic carbocycles. The van der Waals surface area contributed by atoms with Crippen molar-refractivity contribution >= 4 is 50.6 Å². The van der Waals surface area contributed by atoms with Crippen LogP contribution in [0, 0.1) is 0 Å². The van der Waals surface area contributed by atoms with Crippen molar-refractivity contribution in [2.45, 2.75) is 13.5 Å². The minimum absolute atomic E-state index is 0.250. The summed E-state index contributed by atoms with van der Waals surface area (Å²) < 4.78 is 1.73. The van der Waals surface area contributed by atoms with Crippen molar-refractivity contribution in [2.24, 2.45) is 0 Å². The SMILES string of the molecule is CCn1cc(C(=O)O)c(=O)c2cc(N(C)c3cccc4ccccc34)c(Cl)cc21. The Labute approximate surface area is 172 Å². The number of rotatable bonds is 4. The Morgan fingerprint density at radius 3 is 2.52 bits per heavy atom. The highest BCUT2D eigenvalue weighted by Crippen LogP contribution is 2.36. The van der Waals surface area contributed by atoms with Crippen molar-refractivity contribution in [3.63, 3.8) is 0 Å². The zero-order valence-electron chi connectivity index (χ0n) is 16.0. The minimum Gasteiger partial charge on any atom is -0.477 e. The van der Waals surface area contributed by atoms with E-state index in [-0.39, 0.29) is 5.56 Å². The van der Waals surface area contributed by atoms with Gasteiger partial charge >= 0.3 is 5.97 Å². The first kappa shape index (κ1) is 19.0. The van der Waals surface area contributed by atoms with Gasteiger partial charge < -0.3 is 14.6 Å². The first-order valence-electron chi connectivity index (χ1n) is 9.24. The minimum atomic E-state index is -1.24. The maximum atomic E-state index is 12.8. The predicted octanol–water partition coefficient (Wildman–Crippen LogP) is 5.29. The largest absolute Gasteiger partial charge is 0.477 e. The number of aryl methyl sites for hydroxylation is 1. The summed E-state index contributed by atoms with van der Waals surface area (Å²) in [5.41, 5.74) is 1.43. The van der Waals surface area contributed by atoms with Crippen LogP contribution >= 0.6 is 11.6 Å². The second-order valence-electron chi connectivity index (χ2n) is 6.84. The molecule has 4 rings (SSSR count). The normalized spacial score (nSPS) is 11.1. The van der Waals surface area contributed by atoms with Gasteiger partial charge in [0, 0.05) is 36.2 Å². The van der Waals surface area contributed by atoms with Crippen molar-refractivity contribution in [1.82, 2.24) is 4.57 Å². The third-order valence-corrected chi connectivity index (χ3v) is 5.51. The monoisotopic (exact) mass is 406 g/mol. The molecule has 0 aliphatic rings. The van der Waals surface area contributed by atoms with Gasteiger partial charge in [0.2, 0.25) is 5.43 Å². The molecule has 146 valence electrons. The third kappa shape index (κ3) is 3.13. The zero-order valence-corrected chi connectivity index (χ0v) is 16.8. The molecule has 0 radical (unpaired) electrons. The van der Waals surface area contributed by atoms with E-state index < -0.39 is 11.4 Å². The van der Waals surface area contributed by atoms with Crippen molar-refractivity contribution in [2.75, 3.05) is 11.9 Å². The van der Waals surface area contributed by atoms with E-state index in [0.717, 1.165) is 16.5 Å². The number of hydrogen-bond acceptors (Lipinski definition) is 3. The Kier molecular flexibility index (Phi) is 4.76. The van der Waals surface area contributed by atoms with Crippen LogP contribution in [0.1, 0.15) is 17.3 Å². The lowest BCUT2D eigenvalue weighted by Gasteiger charge is -2.23. The summed E-state index contributed by atoms with van der Waals surface area (Å²) in [6, 6.07) is 17.4. The molecule has 29 heavy (non-hydrogen) atoms. The highest BCUT2D eigenvalue weighted by molar-refractivity contribution is 6.34. The predicted molar refractivity (Wildman–Crippen MR) is 118 cm³/mol. The molecule has 0 atom stereocenters. The molecule has 1 aromatic heterocycles. The molecule has 5 nitrogen and oxygen atoms in total. The average Bonchev–Trinajstić information content (AvgIpc) is 2.72. The van der Waals surface area contributed by atoms with Gasteiger partial charge in [0.25, 0.3) is 0 Å². The molecule has 0 aliphatic heterocycles. The quantitative estimate of drug-likeness (QED) is 0.500. The number of halogens is 1. The molecule has 0 saturated heterocycles. The van der Waals surface area contributed by atoms with Crippen molar-refractivity contribution in [3.8, 4) is 0 Å². The van der Waals surface area contributed by atoms with E-state index in [4.69, 9.17) is 11.6 Å². The van der Waals surface area contributed by atoms with Gasteiger partial charge in [-0.05, 0) is 30.5 Å². The molecule has 0 aliphatic carbocycles. The maximum Gasteiger partial charge on any atom is 0.341 e. The van der Waals surface area contributed by atoms with E-state index in [0.29, 0.717) is 28.2 Å². The molecule has 1 heterocycles. The van der Waals surface area contributed by atoms with Crippen LogP contribution in [0.5, 0.6) is 0 Å². The van der Waals surface area contributed by atoms with E-state index in [1.54, 1.807) is 16.7 Å². The number of pyridine rings is 1. The summed E-state index contributed by atoms with van der Waals surface area (Å²) >= 11 is 6.61. The van der Waals surface area contributed by atoms with Crippen LogP contribution in [-0.4, -0.2) is 22.7 Å². The van der Waals surface area contributed by atoms with Gasteiger partial charge in [0.1, 0.15) is 5.56 Å². The topological polar surface area (TPSA) is 62.5 Å². The van der Waals surface area contributed by atoms with Crippen LogP contribution in [0.25, 0.3) is 21.7 Å². The fourth-order valence-corrected chi connectivity index (χ4v) is 3.99. The van der Waals surface area contributed by atoms with E-state index in [1.165, 1.54) is 6.20 Å². The summed E-state index contributed by atoms with van der Waals surface area (Å²) in [7, 11) is 1.88. The van der Waals surface area contributed by atoms with Gasteiger partial charge in [-0.1, -0.05) is 48.0 Å². The molecule has 0 amide bonds. The molecule has 6 heteroatoms. The van der Waals surface area contributed by atoms with Crippen LogP contribution in [-0.2, 0) is 6.54 Å². The molecule has 0 spiro atoms. The molecule has 0 bridgehead atoms. The number of carboxylic acids is 1. The highest BCUT2D eigenvalue weighted by Gasteiger charge is 2.18. The Hall–Kier alpha value is -3.31. The number of carbonyl (C=O) groups is 1. The summed E-state index contributed by atoms with van der Waals surface area (Å²) in [4.78, 5) is 26.3. The number of aromatic nitrogens is 1. The van der Waals surface area contributed by atoms with E-state index in [9.17, 15) is 14.7 Å². The van der Waals surface area contributed by atoms with Crippen LogP contribution in [0.3, 0.4) is 0 Å². The van der Waals surface area contributed by atoms with Gasteiger partial charge in [-0.15, -0.1) is 0 Å². The number of anilines is 2. The van der Waals surface area contributed by atoms with Crippen LogP contribution in [0.4, 0.5) is 11.4 Å². The third-order valence-electron chi connectivity index (χ3n) is 5.21. The van der Waals surface area contributed by atoms with Gasteiger partial charge in [-0.25, -0.2) is 4.79 Å². The van der Waals surface area contributed by atoms with Crippen molar-refractivity contribution in [1.29, 1.82) is 0 Å². The molecule has 1 N–H and O–H groups in total. The number of carboxylic acid groups (broad SMARTS) is 1. The number of nitrogens with zero attached hydrogens (tertiary/aromatic N) is 2. The molecular weight excluding hydrogens is 388 g/mol. The Bertz CT molecular complexity index is 1320. The molecule has 0 saturated carbocycles. The Balaban J connectivity index is 1.98. The van der Waals surface area contributed by atoms with Gasteiger partial charge in [0.15, 0.2) is 0 Å². The maximum absolute atomic E-state index is 12.8. The van der Waals surface area contributed by atoms with Gasteiger partial charge in [-0.3, -0.25) is 4.79 Å². The Morgan fingerprint density at radius 1 is 1.07 bits per heavy atom. The van der Waals surface area contributed by atoms with E-state index in [1.807, 2.05) is 61.3 Å². The lowest BCUT2D eigenvalue weighted by molar-refractivity contribution is 0.0695. The first-order chi connectivity index (χ1) is 13.9. The number of aromatic carboxylic acids is 1. The Morgan fingerprint density at radius 2 is 1.79 bits per heavy atom. The van der Waals surface area contributed by atoms with E-state index >= 15 is 0 Å². The number of hydrogen-bond donors (Lipinski definition) is 1. The standard InChI is InChI=1S/C23H19ClN2O3/c1-3-26-13-17(23(28)29)22(27)16-11-21(18(24)12-20(16)26)25(2)19-10-6-8-14-7-4-5-9-15(14)19/h4-13H,3H2,1-2H3,(H,28,29). The van der Waals surface area contributed by atoms with Crippen LogP contribution < -0.4 is 10.3 Å². The average molecular weight is 407 g/mol. The zero-order chi connectivity index (χ0) is 20.7. The second kappa shape index (κ2) is 7.26. The van der Waals surface area contributed by atoms with Gasteiger partial charge in [-0.2, -0.15) is 0 Å². The molecule has 4 aromatic rings. The number of benzene rings is 3. The lowest BCUT2D eigenvalue weighted by Crippen LogP contribution is -2.19. The molecule has 0 unspecified atom stereocenters. The lowest BCUT2D eigenvalue weighted by atomic mass is 10.1. The first-order valence-corrected chi connectivity index (χ1v) is 9.61. The summed E-state index contributed by atoms with van der Waals surface area (Å²) in [6.07, 6.45) is 1.37. The fraction of sp³-hybridized carbons (Fsp3) is 0.130. The van der Waals surface area contributed by atoms with Crippen molar-refractivity contribution < 1.29 is 9.90 Å². The van der Waals surface area contributed by atoms with Crippen LogP contribution in [0.15, 0.2) is 65.6 Å². The smallest absolute Gasteiger partial charge is 0.341 e. The summed E-state index contributed by atoms with van der Waals surface area (Å²) in [5, 5.41) is 12.4. The van der Waals surface area contributed by atoms with Gasteiger partial charge in [0.05, 0.1) is 16.2 Å². The van der Waals surface area contributed by atoms with Crippen LogP contribution in [0.2, 0.25) is 5.02 Å². The summed E-state index contributed by atoms with van der Waals surface area (Å²) in [6.45, 7) is 2.41. The number of fused-ring (bicyclic) bond motifs is 2. The summed E-state index contributed by atoms with van der Waals surface area (Å²) in [5.74, 6) is -1.24. The second-order valence-corrected chi connectivity index (χ2v) is 7.25. The highest BCUT2D eigenvalue weighted by atomic mass is 35.5. The molecule has 0 fully saturated rings. The van der Waals surface area contributed by atoms with Crippen molar-refractivity contribution in [3.05, 3.63) is 81.6 Å². The van der Waals surface area contributed by atoms with E-state index in [2.05, 4.69) is 0 Å².